The number of rotatable bonds is 6. The molecule has 1 aromatic heterocycles. The first kappa shape index (κ1) is 17.6. The molecule has 0 radical (unpaired) electrons. The zero-order valence-corrected chi connectivity index (χ0v) is 15.7. The van der Waals surface area contributed by atoms with Crippen molar-refractivity contribution in [1.29, 1.82) is 0 Å². The number of carbonyl (C=O) groups excluding carboxylic acids is 1. The minimum atomic E-state index is -0.160. The summed E-state index contributed by atoms with van der Waals surface area (Å²) in [6.45, 7) is 3.95. The van der Waals surface area contributed by atoms with Crippen LogP contribution in [0, 0.1) is 6.92 Å². The minimum Gasteiger partial charge on any atom is -0.300 e. The Morgan fingerprint density at radius 1 is 1.12 bits per heavy atom. The lowest BCUT2D eigenvalue weighted by Crippen LogP contribution is -2.22. The number of thioether (sulfide) groups is 1. The van der Waals surface area contributed by atoms with E-state index in [9.17, 15) is 4.79 Å². The Labute approximate surface area is 155 Å². The summed E-state index contributed by atoms with van der Waals surface area (Å²) < 4.78 is 0. The van der Waals surface area contributed by atoms with Crippen LogP contribution in [-0.4, -0.2) is 21.4 Å². The smallest absolute Gasteiger partial charge is 0.239 e. The van der Waals surface area contributed by atoms with Gasteiger partial charge in [0.25, 0.3) is 0 Å². The second-order valence-electron chi connectivity index (χ2n) is 5.71. The Morgan fingerprint density at radius 3 is 2.56 bits per heavy atom. The van der Waals surface area contributed by atoms with Gasteiger partial charge in [-0.05, 0) is 19.4 Å². The summed E-state index contributed by atoms with van der Waals surface area (Å²) in [7, 11) is 0. The van der Waals surface area contributed by atoms with Crippen LogP contribution in [0.15, 0.2) is 54.6 Å². The third-order valence-electron chi connectivity index (χ3n) is 3.67. The minimum absolute atomic E-state index is 0.0486. The molecule has 1 amide bonds. The zero-order chi connectivity index (χ0) is 17.6. The monoisotopic (exact) mass is 369 g/mol. The summed E-state index contributed by atoms with van der Waals surface area (Å²) >= 11 is 2.99. The Balaban J connectivity index is 1.56. The predicted octanol–water partition coefficient (Wildman–Crippen LogP) is 4.77. The maximum Gasteiger partial charge on any atom is 0.239 e. The number of hydrogen-bond acceptors (Lipinski definition) is 5. The molecule has 0 saturated carbocycles. The standard InChI is InChI=1S/C19H19N3OS2/c1-13-8-10-16(11-9-13)18-21-22-19(25-18)20-17(23)14(2)24-12-15-6-4-3-5-7-15/h3-11,14H,12H2,1-2H3,(H,20,22,23)/t14-/m0/s1. The Bertz CT molecular complexity index is 831. The van der Waals surface area contributed by atoms with Gasteiger partial charge in [-0.25, -0.2) is 0 Å². The van der Waals surface area contributed by atoms with E-state index in [4.69, 9.17) is 0 Å². The first-order valence-corrected chi connectivity index (χ1v) is 9.85. The van der Waals surface area contributed by atoms with Gasteiger partial charge in [-0.2, -0.15) is 0 Å². The molecule has 0 aliphatic carbocycles. The average Bonchev–Trinajstić information content (AvgIpc) is 3.09. The van der Waals surface area contributed by atoms with Crippen LogP contribution in [0.3, 0.4) is 0 Å². The van der Waals surface area contributed by atoms with Crippen LogP contribution in [0.25, 0.3) is 10.6 Å². The molecule has 25 heavy (non-hydrogen) atoms. The van der Waals surface area contributed by atoms with Crippen molar-refractivity contribution in [3.63, 3.8) is 0 Å². The topological polar surface area (TPSA) is 54.9 Å². The van der Waals surface area contributed by atoms with Gasteiger partial charge in [0, 0.05) is 11.3 Å². The van der Waals surface area contributed by atoms with Crippen LogP contribution >= 0.6 is 23.1 Å². The van der Waals surface area contributed by atoms with Gasteiger partial charge >= 0.3 is 0 Å². The first-order valence-electron chi connectivity index (χ1n) is 7.99. The van der Waals surface area contributed by atoms with E-state index < -0.39 is 0 Å². The number of hydrogen-bond donors (Lipinski definition) is 1. The van der Waals surface area contributed by atoms with E-state index in [0.29, 0.717) is 5.13 Å². The van der Waals surface area contributed by atoms with E-state index in [0.717, 1.165) is 16.3 Å². The van der Waals surface area contributed by atoms with Gasteiger partial charge in [-0.3, -0.25) is 10.1 Å². The molecule has 1 N–H and O–H groups in total. The fourth-order valence-corrected chi connectivity index (χ4v) is 3.76. The molecule has 0 bridgehead atoms. The van der Waals surface area contributed by atoms with Crippen LogP contribution in [0.5, 0.6) is 0 Å². The van der Waals surface area contributed by atoms with Crippen LogP contribution in [-0.2, 0) is 10.5 Å². The largest absolute Gasteiger partial charge is 0.300 e. The average molecular weight is 370 g/mol. The molecule has 4 nitrogen and oxygen atoms in total. The van der Waals surface area contributed by atoms with Crippen LogP contribution < -0.4 is 5.32 Å². The number of amides is 1. The van der Waals surface area contributed by atoms with E-state index in [2.05, 4.69) is 27.6 Å². The van der Waals surface area contributed by atoms with E-state index in [-0.39, 0.29) is 11.2 Å². The molecule has 6 heteroatoms. The third-order valence-corrected chi connectivity index (χ3v) is 5.77. The van der Waals surface area contributed by atoms with Crippen molar-refractivity contribution in [1.82, 2.24) is 10.2 Å². The molecular formula is C19H19N3OS2. The second-order valence-corrected chi connectivity index (χ2v) is 8.01. The quantitative estimate of drug-likeness (QED) is 0.680. The van der Waals surface area contributed by atoms with Gasteiger partial charge in [0.15, 0.2) is 0 Å². The fourth-order valence-electron chi connectivity index (χ4n) is 2.16. The molecule has 0 fully saturated rings. The van der Waals surface area contributed by atoms with Gasteiger partial charge in [-0.15, -0.1) is 22.0 Å². The third kappa shape index (κ3) is 4.90. The Hall–Kier alpha value is -2.18. The van der Waals surface area contributed by atoms with Crippen molar-refractivity contribution < 1.29 is 4.79 Å². The van der Waals surface area contributed by atoms with Gasteiger partial charge < -0.3 is 0 Å². The molecule has 1 atom stereocenters. The van der Waals surface area contributed by atoms with Crippen molar-refractivity contribution >= 4 is 34.1 Å². The number of anilines is 1. The normalized spacial score (nSPS) is 11.9. The number of nitrogens with one attached hydrogen (secondary N) is 1. The van der Waals surface area contributed by atoms with Gasteiger partial charge in [0.05, 0.1) is 5.25 Å². The zero-order valence-electron chi connectivity index (χ0n) is 14.1. The Kier molecular flexibility index (Phi) is 5.83. The van der Waals surface area contributed by atoms with Crippen molar-refractivity contribution in [3.05, 3.63) is 65.7 Å². The van der Waals surface area contributed by atoms with Crippen LogP contribution in [0.1, 0.15) is 18.1 Å². The molecule has 3 rings (SSSR count). The van der Waals surface area contributed by atoms with Crippen LogP contribution in [0.2, 0.25) is 0 Å². The molecule has 0 unspecified atom stereocenters. The number of aromatic nitrogens is 2. The first-order chi connectivity index (χ1) is 12.1. The molecule has 128 valence electrons. The SMILES string of the molecule is Cc1ccc(-c2nnc(NC(=O)[C@H](C)SCc3ccccc3)s2)cc1. The van der Waals surface area contributed by atoms with E-state index in [1.54, 1.807) is 11.8 Å². The van der Waals surface area contributed by atoms with Crippen molar-refractivity contribution in [2.24, 2.45) is 0 Å². The molecule has 0 saturated heterocycles. The highest BCUT2D eigenvalue weighted by atomic mass is 32.2. The highest BCUT2D eigenvalue weighted by Crippen LogP contribution is 2.27. The van der Waals surface area contributed by atoms with E-state index >= 15 is 0 Å². The molecule has 3 aromatic rings. The van der Waals surface area contributed by atoms with Crippen LogP contribution in [0.4, 0.5) is 5.13 Å². The lowest BCUT2D eigenvalue weighted by atomic mass is 10.2. The van der Waals surface area contributed by atoms with Gasteiger partial charge in [-0.1, -0.05) is 71.5 Å². The summed E-state index contributed by atoms with van der Waals surface area (Å²) in [6.07, 6.45) is 0. The summed E-state index contributed by atoms with van der Waals surface area (Å²) in [5, 5.41) is 12.3. The molecular weight excluding hydrogens is 350 g/mol. The highest BCUT2D eigenvalue weighted by molar-refractivity contribution is 7.99. The van der Waals surface area contributed by atoms with E-state index in [1.807, 2.05) is 56.3 Å². The molecule has 0 spiro atoms. The lowest BCUT2D eigenvalue weighted by molar-refractivity contribution is -0.115. The molecule has 1 heterocycles. The fraction of sp³-hybridized carbons (Fsp3) is 0.211. The van der Waals surface area contributed by atoms with Gasteiger partial charge in [0.1, 0.15) is 5.01 Å². The second kappa shape index (κ2) is 8.27. The maximum absolute atomic E-state index is 12.3. The molecule has 0 aliphatic heterocycles. The molecule has 0 aliphatic rings. The van der Waals surface area contributed by atoms with Crippen molar-refractivity contribution in [2.75, 3.05) is 5.32 Å². The molecule has 2 aromatic carbocycles. The number of benzene rings is 2. The summed E-state index contributed by atoms with van der Waals surface area (Å²) in [5.74, 6) is 0.757. The summed E-state index contributed by atoms with van der Waals surface area (Å²) in [5.41, 5.74) is 3.42. The van der Waals surface area contributed by atoms with Crippen molar-refractivity contribution in [3.8, 4) is 10.6 Å². The number of nitrogens with zero attached hydrogens (tertiary/aromatic N) is 2. The highest BCUT2D eigenvalue weighted by Gasteiger charge is 2.16. The lowest BCUT2D eigenvalue weighted by Gasteiger charge is -2.10. The number of aryl methyl sites for hydroxylation is 1. The summed E-state index contributed by atoms with van der Waals surface area (Å²) in [6, 6.07) is 18.2. The van der Waals surface area contributed by atoms with Gasteiger partial charge in [0.2, 0.25) is 11.0 Å². The predicted molar refractivity (Wildman–Crippen MR) is 106 cm³/mol. The maximum atomic E-state index is 12.3. The summed E-state index contributed by atoms with van der Waals surface area (Å²) in [4.78, 5) is 12.3. The van der Waals surface area contributed by atoms with Crippen molar-refractivity contribution in [2.45, 2.75) is 24.9 Å². The Morgan fingerprint density at radius 2 is 1.84 bits per heavy atom. The van der Waals surface area contributed by atoms with E-state index in [1.165, 1.54) is 22.5 Å². The number of carbonyl (C=O) groups is 1.